The first-order valence-electron chi connectivity index (χ1n) is 8.93. The number of benzene rings is 1. The molecule has 3 N–H and O–H groups in total. The van der Waals surface area contributed by atoms with Gasteiger partial charge < -0.3 is 15.8 Å². The second-order valence-electron chi connectivity index (χ2n) is 6.57. The third kappa shape index (κ3) is 6.33. The summed E-state index contributed by atoms with van der Waals surface area (Å²) in [4.78, 5) is 12.3. The number of carbonyl (C=O) groups excluding carboxylic acids is 1. The van der Waals surface area contributed by atoms with Crippen molar-refractivity contribution >= 4 is 18.3 Å². The van der Waals surface area contributed by atoms with E-state index in [0.29, 0.717) is 6.54 Å². The van der Waals surface area contributed by atoms with Crippen molar-refractivity contribution in [1.82, 2.24) is 5.32 Å². The van der Waals surface area contributed by atoms with Gasteiger partial charge in [0.05, 0.1) is 12.1 Å². The minimum Gasteiger partial charge on any atom is -0.494 e. The Kier molecular flexibility index (Phi) is 9.16. The van der Waals surface area contributed by atoms with Crippen molar-refractivity contribution in [2.45, 2.75) is 63.8 Å². The Morgan fingerprint density at radius 2 is 1.88 bits per heavy atom. The molecule has 0 atom stereocenters. The summed E-state index contributed by atoms with van der Waals surface area (Å²) in [6, 6.07) is 8.12. The number of rotatable bonds is 8. The van der Waals surface area contributed by atoms with Gasteiger partial charge in [-0.1, -0.05) is 44.7 Å². The van der Waals surface area contributed by atoms with Crippen LogP contribution in [0.1, 0.15) is 57.4 Å². The second-order valence-corrected chi connectivity index (χ2v) is 6.57. The molecule has 0 spiro atoms. The van der Waals surface area contributed by atoms with Crippen LogP contribution in [0.3, 0.4) is 0 Å². The smallest absolute Gasteiger partial charge is 0.240 e. The van der Waals surface area contributed by atoms with Crippen LogP contribution in [-0.4, -0.2) is 24.6 Å². The number of carbonyl (C=O) groups is 1. The first-order valence-corrected chi connectivity index (χ1v) is 8.93. The summed E-state index contributed by atoms with van der Waals surface area (Å²) in [5.74, 6) is 0.922. The summed E-state index contributed by atoms with van der Waals surface area (Å²) >= 11 is 0. The van der Waals surface area contributed by atoms with Crippen LogP contribution in [0.5, 0.6) is 5.75 Å². The minimum absolute atomic E-state index is 0. The molecule has 2 rings (SSSR count). The Labute approximate surface area is 151 Å². The predicted octanol–water partition coefficient (Wildman–Crippen LogP) is 3.61. The molecule has 1 aliphatic rings. The third-order valence-electron chi connectivity index (χ3n) is 4.59. The van der Waals surface area contributed by atoms with Gasteiger partial charge in [0.25, 0.3) is 0 Å². The monoisotopic (exact) mass is 354 g/mol. The molecule has 0 radical (unpaired) electrons. The molecule has 0 bridgehead atoms. The quantitative estimate of drug-likeness (QED) is 0.701. The fraction of sp³-hybridized carbons (Fsp3) is 0.632. The summed E-state index contributed by atoms with van der Waals surface area (Å²) in [7, 11) is 0. The van der Waals surface area contributed by atoms with E-state index in [4.69, 9.17) is 10.5 Å². The lowest BCUT2D eigenvalue weighted by Crippen LogP contribution is -2.55. The molecule has 0 aromatic heterocycles. The van der Waals surface area contributed by atoms with Gasteiger partial charge in [0, 0.05) is 6.54 Å². The molecule has 0 heterocycles. The van der Waals surface area contributed by atoms with Crippen molar-refractivity contribution in [2.75, 3.05) is 13.2 Å². The number of halogens is 1. The first-order chi connectivity index (χ1) is 11.1. The minimum atomic E-state index is -0.644. The highest BCUT2D eigenvalue weighted by atomic mass is 35.5. The Morgan fingerprint density at radius 1 is 1.21 bits per heavy atom. The van der Waals surface area contributed by atoms with Crippen LogP contribution >= 0.6 is 12.4 Å². The SMILES string of the molecule is CCCCOc1ccc(CCNC(=O)C2(N)CCCCC2)cc1.Cl. The molecule has 0 saturated heterocycles. The van der Waals surface area contributed by atoms with Crippen molar-refractivity contribution in [2.24, 2.45) is 5.73 Å². The van der Waals surface area contributed by atoms with Crippen LogP contribution in [0.25, 0.3) is 0 Å². The predicted molar refractivity (Wildman–Crippen MR) is 101 cm³/mol. The average molecular weight is 355 g/mol. The van der Waals surface area contributed by atoms with Crippen molar-refractivity contribution in [1.29, 1.82) is 0 Å². The molecule has 1 saturated carbocycles. The van der Waals surface area contributed by atoms with E-state index in [1.54, 1.807) is 0 Å². The molecule has 0 unspecified atom stereocenters. The standard InChI is InChI=1S/C19H30N2O2.ClH/c1-2-3-15-23-17-9-7-16(8-10-17)11-14-21-18(22)19(20)12-5-4-6-13-19;/h7-10H,2-6,11-15,20H2,1H3,(H,21,22);1H. The maximum Gasteiger partial charge on any atom is 0.240 e. The Balaban J connectivity index is 0.00000288. The summed E-state index contributed by atoms with van der Waals surface area (Å²) in [6.45, 7) is 3.55. The normalized spacial score (nSPS) is 16.1. The van der Waals surface area contributed by atoms with Gasteiger partial charge >= 0.3 is 0 Å². The number of nitrogens with one attached hydrogen (secondary N) is 1. The molecule has 1 aromatic rings. The molecule has 0 aliphatic heterocycles. The number of nitrogens with two attached hydrogens (primary N) is 1. The molecule has 1 aliphatic carbocycles. The molecule has 5 heteroatoms. The van der Waals surface area contributed by atoms with E-state index in [1.807, 2.05) is 12.1 Å². The van der Waals surface area contributed by atoms with Crippen LogP contribution in [0.2, 0.25) is 0 Å². The molecule has 136 valence electrons. The number of amides is 1. The van der Waals surface area contributed by atoms with Crippen LogP contribution in [0.15, 0.2) is 24.3 Å². The number of hydrogen-bond acceptors (Lipinski definition) is 3. The van der Waals surface area contributed by atoms with Gasteiger partial charge in [-0.15, -0.1) is 12.4 Å². The maximum atomic E-state index is 12.3. The van der Waals surface area contributed by atoms with Gasteiger partial charge in [-0.25, -0.2) is 0 Å². The number of ether oxygens (including phenoxy) is 1. The largest absolute Gasteiger partial charge is 0.494 e. The lowest BCUT2D eigenvalue weighted by molar-refractivity contribution is -0.127. The first kappa shape index (κ1) is 20.8. The fourth-order valence-corrected chi connectivity index (χ4v) is 2.99. The highest BCUT2D eigenvalue weighted by Gasteiger charge is 2.34. The van der Waals surface area contributed by atoms with Crippen LogP contribution in [0, 0.1) is 0 Å². The highest BCUT2D eigenvalue weighted by molar-refractivity contribution is 5.86. The molecule has 4 nitrogen and oxygen atoms in total. The van der Waals surface area contributed by atoms with E-state index >= 15 is 0 Å². The highest BCUT2D eigenvalue weighted by Crippen LogP contribution is 2.25. The molecule has 1 amide bonds. The summed E-state index contributed by atoms with van der Waals surface area (Å²) < 4.78 is 5.65. The zero-order valence-corrected chi connectivity index (χ0v) is 15.5. The van der Waals surface area contributed by atoms with Gasteiger partial charge in [0.1, 0.15) is 5.75 Å². The van der Waals surface area contributed by atoms with Gasteiger partial charge in [0.2, 0.25) is 5.91 Å². The topological polar surface area (TPSA) is 64.3 Å². The van der Waals surface area contributed by atoms with Crippen molar-refractivity contribution < 1.29 is 9.53 Å². The van der Waals surface area contributed by atoms with Crippen LogP contribution < -0.4 is 15.8 Å². The summed E-state index contributed by atoms with van der Waals surface area (Å²) in [5, 5.41) is 3.00. The van der Waals surface area contributed by atoms with E-state index in [0.717, 1.165) is 57.3 Å². The van der Waals surface area contributed by atoms with Crippen molar-refractivity contribution in [3.63, 3.8) is 0 Å². The Hall–Kier alpha value is -1.26. The maximum absolute atomic E-state index is 12.3. The molecule has 1 fully saturated rings. The van der Waals surface area contributed by atoms with E-state index in [1.165, 1.54) is 12.0 Å². The summed E-state index contributed by atoms with van der Waals surface area (Å²) in [6.07, 6.45) is 7.96. The molecular formula is C19H31ClN2O2. The summed E-state index contributed by atoms with van der Waals surface area (Å²) in [5.41, 5.74) is 6.78. The lowest BCUT2D eigenvalue weighted by Gasteiger charge is -2.31. The number of hydrogen-bond donors (Lipinski definition) is 2. The van der Waals surface area contributed by atoms with Crippen LogP contribution in [0.4, 0.5) is 0 Å². The number of unbranched alkanes of at least 4 members (excludes halogenated alkanes) is 1. The van der Waals surface area contributed by atoms with E-state index in [2.05, 4.69) is 24.4 Å². The van der Waals surface area contributed by atoms with Crippen LogP contribution in [-0.2, 0) is 11.2 Å². The zero-order chi connectivity index (χ0) is 16.5. The van der Waals surface area contributed by atoms with E-state index in [-0.39, 0.29) is 18.3 Å². The third-order valence-corrected chi connectivity index (χ3v) is 4.59. The molecule has 1 aromatic carbocycles. The molecule has 24 heavy (non-hydrogen) atoms. The second kappa shape index (κ2) is 10.6. The van der Waals surface area contributed by atoms with E-state index < -0.39 is 5.54 Å². The van der Waals surface area contributed by atoms with Crippen molar-refractivity contribution in [3.05, 3.63) is 29.8 Å². The van der Waals surface area contributed by atoms with Gasteiger partial charge in [-0.3, -0.25) is 4.79 Å². The Bertz CT molecular complexity index is 485. The van der Waals surface area contributed by atoms with Gasteiger partial charge in [-0.2, -0.15) is 0 Å². The lowest BCUT2D eigenvalue weighted by atomic mass is 9.82. The van der Waals surface area contributed by atoms with Gasteiger partial charge in [0.15, 0.2) is 0 Å². The van der Waals surface area contributed by atoms with Gasteiger partial charge in [-0.05, 0) is 43.4 Å². The zero-order valence-electron chi connectivity index (χ0n) is 14.7. The average Bonchev–Trinajstić information content (AvgIpc) is 2.57. The fourth-order valence-electron chi connectivity index (χ4n) is 2.99. The Morgan fingerprint density at radius 3 is 2.50 bits per heavy atom. The van der Waals surface area contributed by atoms with E-state index in [9.17, 15) is 4.79 Å². The van der Waals surface area contributed by atoms with Crippen molar-refractivity contribution in [3.8, 4) is 5.75 Å². The molecular weight excluding hydrogens is 324 g/mol.